The minimum atomic E-state index is -0.201. The van der Waals surface area contributed by atoms with Crippen LogP contribution in [-0.4, -0.2) is 55.8 Å². The van der Waals surface area contributed by atoms with Gasteiger partial charge in [0.15, 0.2) is 0 Å². The Morgan fingerprint density at radius 1 is 0.774 bits per heavy atom. The average Bonchev–Trinajstić information content (AvgIpc) is 2.79. The van der Waals surface area contributed by atoms with E-state index < -0.39 is 0 Å². The van der Waals surface area contributed by atoms with Crippen LogP contribution in [0, 0.1) is 6.92 Å². The van der Waals surface area contributed by atoms with Crippen LogP contribution < -0.4 is 5.32 Å². The number of anilines is 1. The molecule has 31 heavy (non-hydrogen) atoms. The summed E-state index contributed by atoms with van der Waals surface area (Å²) in [5, 5.41) is 2.95. The van der Waals surface area contributed by atoms with Crippen LogP contribution in [-0.2, 0) is 0 Å². The molecule has 1 N–H and O–H groups in total. The van der Waals surface area contributed by atoms with E-state index in [1.54, 1.807) is 24.1 Å². The molecule has 0 saturated heterocycles. The SMILES string of the molecule is Cc1ccc(C(=O)N(C)CCN(C)C)cc1NC(=O)c1ccc(-c2ccccc2)cc1. The van der Waals surface area contributed by atoms with Crippen molar-refractivity contribution in [2.45, 2.75) is 6.92 Å². The highest BCUT2D eigenvalue weighted by Crippen LogP contribution is 2.22. The van der Waals surface area contributed by atoms with Gasteiger partial charge in [-0.15, -0.1) is 0 Å². The van der Waals surface area contributed by atoms with E-state index in [1.807, 2.05) is 86.6 Å². The molecule has 0 aliphatic carbocycles. The third kappa shape index (κ3) is 5.80. The quantitative estimate of drug-likeness (QED) is 0.616. The number of nitrogens with zero attached hydrogens (tertiary/aromatic N) is 2. The van der Waals surface area contributed by atoms with E-state index in [0.29, 0.717) is 23.4 Å². The molecule has 2 amide bonds. The molecule has 0 unspecified atom stereocenters. The minimum absolute atomic E-state index is 0.0652. The molecule has 160 valence electrons. The van der Waals surface area contributed by atoms with Gasteiger partial charge in [0.05, 0.1) is 0 Å². The summed E-state index contributed by atoms with van der Waals surface area (Å²) in [5.74, 6) is -0.266. The van der Waals surface area contributed by atoms with Crippen LogP contribution in [0.3, 0.4) is 0 Å². The van der Waals surface area contributed by atoms with Crippen molar-refractivity contribution >= 4 is 17.5 Å². The maximum absolute atomic E-state index is 12.8. The van der Waals surface area contributed by atoms with Crippen LogP contribution in [0.1, 0.15) is 26.3 Å². The number of hydrogen-bond donors (Lipinski definition) is 1. The van der Waals surface area contributed by atoms with Crippen molar-refractivity contribution in [1.82, 2.24) is 9.80 Å². The predicted molar refractivity (Wildman–Crippen MR) is 127 cm³/mol. The Bertz CT molecular complexity index is 1040. The molecule has 0 aliphatic heterocycles. The van der Waals surface area contributed by atoms with Gasteiger partial charge in [0.2, 0.25) is 0 Å². The fourth-order valence-electron chi connectivity index (χ4n) is 3.20. The van der Waals surface area contributed by atoms with Gasteiger partial charge in [-0.05, 0) is 62.0 Å². The Kier molecular flexibility index (Phi) is 7.21. The van der Waals surface area contributed by atoms with E-state index in [0.717, 1.165) is 23.2 Å². The van der Waals surface area contributed by atoms with Gasteiger partial charge in [-0.2, -0.15) is 0 Å². The summed E-state index contributed by atoms with van der Waals surface area (Å²) < 4.78 is 0. The molecule has 0 spiro atoms. The molecule has 0 radical (unpaired) electrons. The average molecular weight is 416 g/mol. The number of aryl methyl sites for hydroxylation is 1. The summed E-state index contributed by atoms with van der Waals surface area (Å²) in [7, 11) is 5.74. The van der Waals surface area contributed by atoms with Crippen molar-refractivity contribution in [2.24, 2.45) is 0 Å². The maximum atomic E-state index is 12.8. The molecule has 0 saturated carbocycles. The lowest BCUT2D eigenvalue weighted by Crippen LogP contribution is -2.33. The summed E-state index contributed by atoms with van der Waals surface area (Å²) in [6, 6.07) is 23.0. The van der Waals surface area contributed by atoms with Crippen molar-refractivity contribution in [3.8, 4) is 11.1 Å². The van der Waals surface area contributed by atoms with Crippen LogP contribution in [0.5, 0.6) is 0 Å². The second kappa shape index (κ2) is 10.0. The molecule has 5 heteroatoms. The lowest BCUT2D eigenvalue weighted by Gasteiger charge is -2.20. The molecule has 0 heterocycles. The van der Waals surface area contributed by atoms with Crippen LogP contribution in [0.2, 0.25) is 0 Å². The minimum Gasteiger partial charge on any atom is -0.340 e. The lowest BCUT2D eigenvalue weighted by molar-refractivity contribution is 0.0786. The third-order valence-corrected chi connectivity index (χ3v) is 5.22. The van der Waals surface area contributed by atoms with Gasteiger partial charge in [-0.1, -0.05) is 48.5 Å². The fourth-order valence-corrected chi connectivity index (χ4v) is 3.20. The van der Waals surface area contributed by atoms with E-state index in [4.69, 9.17) is 0 Å². The highest BCUT2D eigenvalue weighted by molar-refractivity contribution is 6.05. The lowest BCUT2D eigenvalue weighted by atomic mass is 10.0. The number of rotatable bonds is 7. The highest BCUT2D eigenvalue weighted by atomic mass is 16.2. The number of hydrogen-bond acceptors (Lipinski definition) is 3. The monoisotopic (exact) mass is 415 g/mol. The Hall–Kier alpha value is -3.44. The first kappa shape index (κ1) is 22.2. The first-order chi connectivity index (χ1) is 14.8. The maximum Gasteiger partial charge on any atom is 0.255 e. The van der Waals surface area contributed by atoms with Crippen LogP contribution in [0.25, 0.3) is 11.1 Å². The van der Waals surface area contributed by atoms with Gasteiger partial charge < -0.3 is 15.1 Å². The van der Waals surface area contributed by atoms with Gasteiger partial charge in [-0.3, -0.25) is 9.59 Å². The molecule has 0 fully saturated rings. The largest absolute Gasteiger partial charge is 0.340 e. The number of likely N-dealkylation sites (N-methyl/N-ethyl adjacent to an activating group) is 2. The highest BCUT2D eigenvalue weighted by Gasteiger charge is 2.15. The van der Waals surface area contributed by atoms with E-state index in [2.05, 4.69) is 5.32 Å². The molecule has 3 aromatic carbocycles. The first-order valence-corrected chi connectivity index (χ1v) is 10.3. The Morgan fingerprint density at radius 2 is 1.39 bits per heavy atom. The molecule has 3 aromatic rings. The molecular weight excluding hydrogens is 386 g/mol. The Labute approximate surface area is 184 Å². The second-order valence-corrected chi connectivity index (χ2v) is 7.96. The first-order valence-electron chi connectivity index (χ1n) is 10.3. The van der Waals surface area contributed by atoms with E-state index in [1.165, 1.54) is 0 Å². The molecule has 0 atom stereocenters. The van der Waals surface area contributed by atoms with E-state index >= 15 is 0 Å². The molecule has 0 aliphatic rings. The van der Waals surface area contributed by atoms with Gasteiger partial charge in [0.1, 0.15) is 0 Å². The molecule has 3 rings (SSSR count). The third-order valence-electron chi connectivity index (χ3n) is 5.22. The van der Waals surface area contributed by atoms with E-state index in [9.17, 15) is 9.59 Å². The Balaban J connectivity index is 1.72. The summed E-state index contributed by atoms with van der Waals surface area (Å²) in [6.07, 6.45) is 0. The normalized spacial score (nSPS) is 10.7. The smallest absolute Gasteiger partial charge is 0.255 e. The number of carbonyl (C=O) groups excluding carboxylic acids is 2. The van der Waals surface area contributed by atoms with Crippen LogP contribution >= 0.6 is 0 Å². The van der Waals surface area contributed by atoms with Gasteiger partial charge in [0, 0.05) is 37.0 Å². The number of benzene rings is 3. The summed E-state index contributed by atoms with van der Waals surface area (Å²) in [4.78, 5) is 29.3. The summed E-state index contributed by atoms with van der Waals surface area (Å²) in [5.41, 5.74) is 4.84. The summed E-state index contributed by atoms with van der Waals surface area (Å²) >= 11 is 0. The topological polar surface area (TPSA) is 52.7 Å². The molecule has 0 bridgehead atoms. The van der Waals surface area contributed by atoms with Crippen molar-refractivity contribution in [2.75, 3.05) is 39.5 Å². The van der Waals surface area contributed by atoms with Crippen LogP contribution in [0.15, 0.2) is 72.8 Å². The zero-order valence-electron chi connectivity index (χ0n) is 18.6. The number of amides is 2. The molecular formula is C26H29N3O2. The van der Waals surface area contributed by atoms with Crippen molar-refractivity contribution in [3.63, 3.8) is 0 Å². The second-order valence-electron chi connectivity index (χ2n) is 7.96. The van der Waals surface area contributed by atoms with Gasteiger partial charge in [-0.25, -0.2) is 0 Å². The van der Waals surface area contributed by atoms with Crippen LogP contribution in [0.4, 0.5) is 5.69 Å². The summed E-state index contributed by atoms with van der Waals surface area (Å²) in [6.45, 7) is 3.34. The number of nitrogens with one attached hydrogen (secondary N) is 1. The van der Waals surface area contributed by atoms with Crippen molar-refractivity contribution in [1.29, 1.82) is 0 Å². The zero-order valence-corrected chi connectivity index (χ0v) is 18.6. The predicted octanol–water partition coefficient (Wildman–Crippen LogP) is 4.55. The molecule has 5 nitrogen and oxygen atoms in total. The van der Waals surface area contributed by atoms with E-state index in [-0.39, 0.29) is 11.8 Å². The van der Waals surface area contributed by atoms with Crippen molar-refractivity contribution < 1.29 is 9.59 Å². The van der Waals surface area contributed by atoms with Gasteiger partial charge >= 0.3 is 0 Å². The fraction of sp³-hybridized carbons (Fsp3) is 0.231. The van der Waals surface area contributed by atoms with Crippen molar-refractivity contribution in [3.05, 3.63) is 89.5 Å². The zero-order chi connectivity index (χ0) is 22.4. The molecule has 0 aromatic heterocycles. The Morgan fingerprint density at radius 3 is 2.03 bits per heavy atom. The van der Waals surface area contributed by atoms with Gasteiger partial charge in [0.25, 0.3) is 11.8 Å². The standard InChI is InChI=1S/C26H29N3O2/c1-19-10-11-23(26(31)29(4)17-16-28(2)3)18-24(19)27-25(30)22-14-12-21(13-15-22)20-8-6-5-7-9-20/h5-15,18H,16-17H2,1-4H3,(H,27,30). The number of carbonyl (C=O) groups is 2.